The smallest absolute Gasteiger partial charge is 0.344 e. The van der Waals surface area contributed by atoms with Gasteiger partial charge in [0.2, 0.25) is 0 Å². The Morgan fingerprint density at radius 3 is 2.61 bits per heavy atom. The Labute approximate surface area is 200 Å². The van der Waals surface area contributed by atoms with Crippen molar-refractivity contribution in [2.45, 2.75) is 20.0 Å². The van der Waals surface area contributed by atoms with Crippen LogP contribution in [0.15, 0.2) is 65.6 Å². The maximum atomic E-state index is 13.2. The molecule has 6 nitrogen and oxygen atoms in total. The van der Waals surface area contributed by atoms with E-state index in [1.165, 1.54) is 23.6 Å². The highest BCUT2D eigenvalue weighted by atomic mass is 32.2. The number of carbonyl (C=O) groups is 2. The largest absolute Gasteiger partial charge is 0.490 e. The average Bonchev–Trinajstić information content (AvgIpc) is 3.07. The SMILES string of the molecule is CCOc1cc(/C=C2/SC(=S)N(c3ccc4ccccc4c3)C2=O)ccc1OC(C)C(=O)O. The minimum atomic E-state index is -1.07. The number of amides is 1. The lowest BCUT2D eigenvalue weighted by Gasteiger charge is -2.15. The number of hydrogen-bond donors (Lipinski definition) is 1. The van der Waals surface area contributed by atoms with E-state index in [2.05, 4.69) is 0 Å². The van der Waals surface area contributed by atoms with Crippen LogP contribution in [0.1, 0.15) is 19.4 Å². The Kier molecular flexibility index (Phi) is 6.67. The number of thioether (sulfide) groups is 1. The first kappa shape index (κ1) is 22.8. The van der Waals surface area contributed by atoms with E-state index in [9.17, 15) is 9.59 Å². The molecule has 0 spiro atoms. The fourth-order valence-corrected chi connectivity index (χ4v) is 4.68. The second kappa shape index (κ2) is 9.64. The van der Waals surface area contributed by atoms with Gasteiger partial charge in [0.25, 0.3) is 5.91 Å². The molecular weight excluding hydrogens is 458 g/mol. The summed E-state index contributed by atoms with van der Waals surface area (Å²) in [4.78, 5) is 26.3. The van der Waals surface area contributed by atoms with Crippen LogP contribution in [-0.4, -0.2) is 34.0 Å². The van der Waals surface area contributed by atoms with Crippen molar-refractivity contribution in [3.63, 3.8) is 0 Å². The summed E-state index contributed by atoms with van der Waals surface area (Å²) in [5.74, 6) is -0.533. The maximum absolute atomic E-state index is 13.2. The summed E-state index contributed by atoms with van der Waals surface area (Å²) in [5, 5.41) is 11.2. The molecule has 1 aliphatic heterocycles. The molecule has 4 rings (SSSR count). The molecule has 168 valence electrons. The number of anilines is 1. The first-order valence-electron chi connectivity index (χ1n) is 10.3. The Hall–Kier alpha value is -3.36. The summed E-state index contributed by atoms with van der Waals surface area (Å²) in [5.41, 5.74) is 1.44. The molecule has 3 aromatic rings. The third-order valence-electron chi connectivity index (χ3n) is 5.00. The number of hydrogen-bond acceptors (Lipinski definition) is 6. The Bertz CT molecular complexity index is 1290. The van der Waals surface area contributed by atoms with E-state index in [1.54, 1.807) is 24.3 Å². The highest BCUT2D eigenvalue weighted by Crippen LogP contribution is 2.38. The molecule has 8 heteroatoms. The zero-order chi connectivity index (χ0) is 23.5. The molecule has 0 radical (unpaired) electrons. The number of carboxylic acids is 1. The van der Waals surface area contributed by atoms with Crippen LogP contribution in [0.3, 0.4) is 0 Å². The number of carboxylic acid groups (broad SMARTS) is 1. The number of carbonyl (C=O) groups excluding carboxylic acids is 1. The van der Waals surface area contributed by atoms with Gasteiger partial charge in [-0.25, -0.2) is 4.79 Å². The Morgan fingerprint density at radius 1 is 1.12 bits per heavy atom. The Balaban J connectivity index is 1.62. The Morgan fingerprint density at radius 2 is 1.88 bits per heavy atom. The molecule has 1 atom stereocenters. The molecule has 0 aliphatic carbocycles. The standard InChI is InChI=1S/C25H21NO5S2/c1-3-30-21-12-16(8-11-20(21)31-15(2)24(28)29)13-22-23(27)26(25(32)33-22)19-10-9-17-6-4-5-7-18(17)14-19/h4-15H,3H2,1-2H3,(H,28,29)/b22-13+. The van der Waals surface area contributed by atoms with E-state index in [1.807, 2.05) is 49.4 Å². The molecule has 1 N–H and O–H groups in total. The molecule has 1 aliphatic rings. The lowest BCUT2D eigenvalue weighted by atomic mass is 10.1. The van der Waals surface area contributed by atoms with Gasteiger partial charge in [-0.3, -0.25) is 9.69 Å². The number of ether oxygens (including phenoxy) is 2. The molecule has 1 amide bonds. The highest BCUT2D eigenvalue weighted by molar-refractivity contribution is 8.27. The first-order valence-corrected chi connectivity index (χ1v) is 11.5. The van der Waals surface area contributed by atoms with Gasteiger partial charge >= 0.3 is 5.97 Å². The number of nitrogens with zero attached hydrogens (tertiary/aromatic N) is 1. The minimum absolute atomic E-state index is 0.196. The summed E-state index contributed by atoms with van der Waals surface area (Å²) < 4.78 is 11.6. The maximum Gasteiger partial charge on any atom is 0.344 e. The fraction of sp³-hybridized carbons (Fsp3) is 0.160. The monoisotopic (exact) mass is 479 g/mol. The molecule has 1 fully saturated rings. The lowest BCUT2D eigenvalue weighted by Crippen LogP contribution is -2.27. The summed E-state index contributed by atoms with van der Waals surface area (Å²) >= 11 is 6.74. The van der Waals surface area contributed by atoms with E-state index < -0.39 is 12.1 Å². The van der Waals surface area contributed by atoms with E-state index in [0.29, 0.717) is 32.9 Å². The normalized spacial score (nSPS) is 15.8. The van der Waals surface area contributed by atoms with Crippen LogP contribution < -0.4 is 14.4 Å². The van der Waals surface area contributed by atoms with Crippen molar-refractivity contribution in [2.75, 3.05) is 11.5 Å². The van der Waals surface area contributed by atoms with Crippen LogP contribution in [0.5, 0.6) is 11.5 Å². The first-order chi connectivity index (χ1) is 15.9. The quantitative estimate of drug-likeness (QED) is 0.354. The molecule has 1 saturated heterocycles. The van der Waals surface area contributed by atoms with Gasteiger partial charge in [0, 0.05) is 0 Å². The molecule has 1 heterocycles. The van der Waals surface area contributed by atoms with Crippen LogP contribution >= 0.6 is 24.0 Å². The van der Waals surface area contributed by atoms with Gasteiger partial charge in [0.05, 0.1) is 17.2 Å². The minimum Gasteiger partial charge on any atom is -0.490 e. The average molecular weight is 480 g/mol. The van der Waals surface area contributed by atoms with Gasteiger partial charge < -0.3 is 14.6 Å². The van der Waals surface area contributed by atoms with E-state index in [-0.39, 0.29) is 5.91 Å². The summed E-state index contributed by atoms with van der Waals surface area (Å²) in [7, 11) is 0. The van der Waals surface area contributed by atoms with Gasteiger partial charge in [-0.2, -0.15) is 0 Å². The van der Waals surface area contributed by atoms with Crippen molar-refractivity contribution in [2.24, 2.45) is 0 Å². The van der Waals surface area contributed by atoms with E-state index in [0.717, 1.165) is 16.5 Å². The lowest BCUT2D eigenvalue weighted by molar-refractivity contribution is -0.144. The molecule has 3 aromatic carbocycles. The number of thiocarbonyl (C=S) groups is 1. The van der Waals surface area contributed by atoms with Gasteiger partial charge in [-0.15, -0.1) is 0 Å². The third-order valence-corrected chi connectivity index (χ3v) is 6.30. The van der Waals surface area contributed by atoms with Gasteiger partial charge in [0.1, 0.15) is 0 Å². The van der Waals surface area contributed by atoms with Crippen molar-refractivity contribution in [1.29, 1.82) is 0 Å². The van der Waals surface area contributed by atoms with Gasteiger partial charge in [-0.05, 0) is 60.5 Å². The molecular formula is C25H21NO5S2. The van der Waals surface area contributed by atoms with Crippen LogP contribution in [-0.2, 0) is 9.59 Å². The van der Waals surface area contributed by atoms with Crippen LogP contribution in [0.2, 0.25) is 0 Å². The van der Waals surface area contributed by atoms with Crippen molar-refractivity contribution >= 4 is 62.7 Å². The second-order valence-corrected chi connectivity index (χ2v) is 8.96. The van der Waals surface area contributed by atoms with Crippen molar-refractivity contribution < 1.29 is 24.2 Å². The second-order valence-electron chi connectivity index (χ2n) is 7.29. The van der Waals surface area contributed by atoms with Gasteiger partial charge in [-0.1, -0.05) is 60.4 Å². The number of aliphatic carboxylic acids is 1. The zero-order valence-electron chi connectivity index (χ0n) is 18.0. The van der Waals surface area contributed by atoms with Crippen molar-refractivity contribution in [3.8, 4) is 11.5 Å². The highest BCUT2D eigenvalue weighted by Gasteiger charge is 2.33. The number of rotatable bonds is 7. The van der Waals surface area contributed by atoms with E-state index in [4.69, 9.17) is 26.8 Å². The molecule has 0 aromatic heterocycles. The predicted molar refractivity (Wildman–Crippen MR) is 135 cm³/mol. The predicted octanol–water partition coefficient (Wildman–Crippen LogP) is 5.50. The number of benzene rings is 3. The van der Waals surface area contributed by atoms with Crippen LogP contribution in [0.4, 0.5) is 5.69 Å². The van der Waals surface area contributed by atoms with Gasteiger partial charge in [0.15, 0.2) is 21.9 Å². The topological polar surface area (TPSA) is 76.1 Å². The summed E-state index contributed by atoms with van der Waals surface area (Å²) in [6.45, 7) is 3.65. The number of fused-ring (bicyclic) bond motifs is 1. The molecule has 0 saturated carbocycles. The zero-order valence-corrected chi connectivity index (χ0v) is 19.6. The van der Waals surface area contributed by atoms with Crippen LogP contribution in [0, 0.1) is 0 Å². The van der Waals surface area contributed by atoms with Crippen molar-refractivity contribution in [3.05, 3.63) is 71.1 Å². The van der Waals surface area contributed by atoms with Crippen LogP contribution in [0.25, 0.3) is 16.8 Å². The third kappa shape index (κ3) is 4.86. The summed E-state index contributed by atoms with van der Waals surface area (Å²) in [6, 6.07) is 18.9. The molecule has 1 unspecified atom stereocenters. The summed E-state index contributed by atoms with van der Waals surface area (Å²) in [6.07, 6.45) is 0.723. The molecule has 33 heavy (non-hydrogen) atoms. The fourth-order valence-electron chi connectivity index (χ4n) is 3.38. The molecule has 0 bridgehead atoms. The van der Waals surface area contributed by atoms with E-state index >= 15 is 0 Å². The van der Waals surface area contributed by atoms with Crippen molar-refractivity contribution in [1.82, 2.24) is 0 Å².